The summed E-state index contributed by atoms with van der Waals surface area (Å²) in [5, 5.41) is 0. The van der Waals surface area contributed by atoms with Crippen molar-refractivity contribution in [1.82, 2.24) is 14.0 Å². The zero-order chi connectivity index (χ0) is 16.8. The highest BCUT2D eigenvalue weighted by atomic mass is 15.2. The van der Waals surface area contributed by atoms with Crippen LogP contribution in [-0.4, -0.2) is 14.0 Å². The predicted molar refractivity (Wildman–Crippen MR) is 96.1 cm³/mol. The molecular weight excluding hydrogens is 296 g/mol. The Kier molecular flexibility index (Phi) is 3.70. The van der Waals surface area contributed by atoms with E-state index >= 15 is 0 Å². The van der Waals surface area contributed by atoms with Gasteiger partial charge in [0, 0.05) is 37.3 Å². The van der Waals surface area contributed by atoms with Gasteiger partial charge in [-0.25, -0.2) is 4.98 Å². The van der Waals surface area contributed by atoms with E-state index in [1.54, 1.807) is 5.56 Å². The maximum absolute atomic E-state index is 4.46. The average Bonchev–Trinajstić information content (AvgIpc) is 3.27. The molecule has 3 aromatic rings. The van der Waals surface area contributed by atoms with Crippen molar-refractivity contribution in [3.05, 3.63) is 42.0 Å². The molecule has 1 fully saturated rings. The third-order valence-corrected chi connectivity index (χ3v) is 5.59. The molecule has 4 nitrogen and oxygen atoms in total. The molecular formula is C20H27N4+. The summed E-state index contributed by atoms with van der Waals surface area (Å²) in [6.07, 6.45) is 13.8. The second-order valence-electron chi connectivity index (χ2n) is 7.52. The van der Waals surface area contributed by atoms with Gasteiger partial charge in [0.15, 0.2) is 6.20 Å². The van der Waals surface area contributed by atoms with Crippen LogP contribution < -0.4 is 4.57 Å². The SMILES string of the molecule is CC(C)c1c[n+](C)c(-c2cn3ccnc3n2C)cc1C1CCCC1. The van der Waals surface area contributed by atoms with Gasteiger partial charge < -0.3 is 4.57 Å². The Balaban J connectivity index is 1.90. The van der Waals surface area contributed by atoms with E-state index in [1.807, 2.05) is 12.4 Å². The Labute approximate surface area is 143 Å². The van der Waals surface area contributed by atoms with Crippen molar-refractivity contribution in [3.63, 3.8) is 0 Å². The van der Waals surface area contributed by atoms with Gasteiger partial charge in [-0.3, -0.25) is 4.40 Å². The molecule has 3 heterocycles. The summed E-state index contributed by atoms with van der Waals surface area (Å²) in [6.45, 7) is 4.62. The lowest BCUT2D eigenvalue weighted by Gasteiger charge is -2.17. The summed E-state index contributed by atoms with van der Waals surface area (Å²) < 4.78 is 6.56. The number of rotatable bonds is 3. The second kappa shape index (κ2) is 5.76. The first-order valence-corrected chi connectivity index (χ1v) is 9.08. The molecule has 24 heavy (non-hydrogen) atoms. The first kappa shape index (κ1) is 15.4. The molecule has 0 N–H and O–H groups in total. The lowest BCUT2D eigenvalue weighted by molar-refractivity contribution is -0.661. The number of hydrogen-bond acceptors (Lipinski definition) is 1. The van der Waals surface area contributed by atoms with Gasteiger partial charge in [-0.05, 0) is 30.2 Å². The minimum Gasteiger partial charge on any atom is -0.308 e. The molecule has 0 atom stereocenters. The Morgan fingerprint density at radius 3 is 2.67 bits per heavy atom. The molecule has 1 aliphatic rings. The number of aryl methyl sites for hydroxylation is 2. The van der Waals surface area contributed by atoms with Crippen molar-refractivity contribution in [2.75, 3.05) is 0 Å². The molecule has 0 radical (unpaired) electrons. The molecule has 0 bridgehead atoms. The van der Waals surface area contributed by atoms with Crippen LogP contribution in [0, 0.1) is 0 Å². The summed E-state index contributed by atoms with van der Waals surface area (Å²) in [7, 11) is 4.26. The molecule has 4 heteroatoms. The first-order valence-electron chi connectivity index (χ1n) is 9.08. The van der Waals surface area contributed by atoms with Gasteiger partial charge >= 0.3 is 0 Å². The van der Waals surface area contributed by atoms with E-state index in [4.69, 9.17) is 0 Å². The van der Waals surface area contributed by atoms with Crippen LogP contribution in [0.2, 0.25) is 0 Å². The van der Waals surface area contributed by atoms with E-state index in [9.17, 15) is 0 Å². The van der Waals surface area contributed by atoms with Crippen molar-refractivity contribution < 1.29 is 4.57 Å². The summed E-state index contributed by atoms with van der Waals surface area (Å²) >= 11 is 0. The highest BCUT2D eigenvalue weighted by Gasteiger charge is 2.27. The Morgan fingerprint density at radius 2 is 2.00 bits per heavy atom. The quantitative estimate of drug-likeness (QED) is 0.670. The lowest BCUT2D eigenvalue weighted by atomic mass is 9.88. The normalized spacial score (nSPS) is 15.9. The largest absolute Gasteiger partial charge is 0.308 e. The van der Waals surface area contributed by atoms with Crippen LogP contribution in [0.15, 0.2) is 30.9 Å². The van der Waals surface area contributed by atoms with Crippen molar-refractivity contribution in [3.8, 4) is 11.4 Å². The third kappa shape index (κ3) is 2.36. The van der Waals surface area contributed by atoms with Gasteiger partial charge in [-0.15, -0.1) is 0 Å². The van der Waals surface area contributed by atoms with E-state index in [1.165, 1.54) is 42.6 Å². The maximum Gasteiger partial charge on any atom is 0.230 e. The van der Waals surface area contributed by atoms with Gasteiger partial charge in [0.25, 0.3) is 0 Å². The summed E-state index contributed by atoms with van der Waals surface area (Å²) in [5.41, 5.74) is 5.56. The van der Waals surface area contributed by atoms with Gasteiger partial charge in [-0.1, -0.05) is 26.7 Å². The number of hydrogen-bond donors (Lipinski definition) is 0. The average molecular weight is 323 g/mol. The number of imidazole rings is 2. The molecule has 0 aliphatic heterocycles. The minimum atomic E-state index is 0.562. The van der Waals surface area contributed by atoms with Crippen LogP contribution in [0.3, 0.4) is 0 Å². The molecule has 3 aromatic heterocycles. The van der Waals surface area contributed by atoms with E-state index in [2.05, 4.69) is 64.9 Å². The highest BCUT2D eigenvalue weighted by Crippen LogP contribution is 2.38. The molecule has 4 rings (SSSR count). The van der Waals surface area contributed by atoms with Crippen LogP contribution in [0.5, 0.6) is 0 Å². The van der Waals surface area contributed by atoms with Gasteiger partial charge in [0.2, 0.25) is 11.5 Å². The fourth-order valence-electron chi connectivity index (χ4n) is 4.24. The number of pyridine rings is 1. The van der Waals surface area contributed by atoms with Crippen molar-refractivity contribution in [2.45, 2.75) is 51.4 Å². The predicted octanol–water partition coefficient (Wildman–Crippen LogP) is 3.95. The van der Waals surface area contributed by atoms with Crippen LogP contribution in [-0.2, 0) is 14.1 Å². The topological polar surface area (TPSA) is 26.1 Å². The van der Waals surface area contributed by atoms with Gasteiger partial charge in [-0.2, -0.15) is 4.57 Å². The molecule has 0 saturated heterocycles. The Bertz CT molecular complexity index is 879. The maximum atomic E-state index is 4.46. The summed E-state index contributed by atoms with van der Waals surface area (Å²) in [4.78, 5) is 4.46. The fraction of sp³-hybridized carbons (Fsp3) is 0.500. The van der Waals surface area contributed by atoms with Crippen molar-refractivity contribution in [2.24, 2.45) is 14.1 Å². The van der Waals surface area contributed by atoms with E-state index in [-0.39, 0.29) is 0 Å². The monoisotopic (exact) mass is 323 g/mol. The standard InChI is InChI=1S/C20H27N4/c1-14(2)17-12-22(3)18(11-16(17)15-7-5-6-8-15)19-13-24-10-9-21-20(24)23(19)4/h9-15H,5-8H2,1-4H3/q+1. The van der Waals surface area contributed by atoms with E-state index < -0.39 is 0 Å². The molecule has 126 valence electrons. The van der Waals surface area contributed by atoms with Gasteiger partial charge in [0.1, 0.15) is 12.7 Å². The Morgan fingerprint density at radius 1 is 1.25 bits per heavy atom. The summed E-state index contributed by atoms with van der Waals surface area (Å²) in [6, 6.07) is 2.44. The highest BCUT2D eigenvalue weighted by molar-refractivity contribution is 5.58. The molecule has 1 saturated carbocycles. The fourth-order valence-corrected chi connectivity index (χ4v) is 4.24. The Hall–Kier alpha value is -2.10. The molecule has 0 unspecified atom stereocenters. The first-order chi connectivity index (χ1) is 11.6. The van der Waals surface area contributed by atoms with Gasteiger partial charge in [0.05, 0.1) is 0 Å². The number of fused-ring (bicyclic) bond motifs is 1. The van der Waals surface area contributed by atoms with Crippen LogP contribution in [0.4, 0.5) is 0 Å². The molecule has 0 aromatic carbocycles. The zero-order valence-corrected chi connectivity index (χ0v) is 15.2. The minimum absolute atomic E-state index is 0.562. The van der Waals surface area contributed by atoms with E-state index in [0.717, 1.165) is 11.7 Å². The third-order valence-electron chi connectivity index (χ3n) is 5.59. The molecule has 1 aliphatic carbocycles. The number of nitrogens with zero attached hydrogens (tertiary/aromatic N) is 4. The van der Waals surface area contributed by atoms with Crippen LogP contribution in [0.1, 0.15) is 62.5 Å². The van der Waals surface area contributed by atoms with Crippen LogP contribution in [0.25, 0.3) is 17.2 Å². The van der Waals surface area contributed by atoms with E-state index in [0.29, 0.717) is 5.92 Å². The lowest BCUT2D eigenvalue weighted by Crippen LogP contribution is -2.33. The molecule has 0 spiro atoms. The van der Waals surface area contributed by atoms with Crippen molar-refractivity contribution >= 4 is 5.78 Å². The second-order valence-corrected chi connectivity index (χ2v) is 7.52. The molecule has 0 amide bonds. The summed E-state index contributed by atoms with van der Waals surface area (Å²) in [5.74, 6) is 2.28. The smallest absolute Gasteiger partial charge is 0.230 e. The number of aromatic nitrogens is 4. The van der Waals surface area contributed by atoms with Crippen molar-refractivity contribution in [1.29, 1.82) is 0 Å². The van der Waals surface area contributed by atoms with Crippen LogP contribution >= 0.6 is 0 Å². The zero-order valence-electron chi connectivity index (χ0n) is 15.2.